The minimum Gasteiger partial charge on any atom is -0.361 e. The van der Waals surface area contributed by atoms with Crippen LogP contribution < -0.4 is 5.32 Å². The molecule has 2 N–H and O–H groups in total. The van der Waals surface area contributed by atoms with Crippen LogP contribution in [0.4, 0.5) is 0 Å². The summed E-state index contributed by atoms with van der Waals surface area (Å²) in [6.45, 7) is 0.839. The smallest absolute Gasteiger partial charge is 0.0457 e. The normalized spacial score (nSPS) is 10.5. The first kappa shape index (κ1) is 10.3. The Morgan fingerprint density at radius 2 is 2.20 bits per heavy atom. The molecular formula is C12H13ClN2. The van der Waals surface area contributed by atoms with Crippen LogP contribution in [0.2, 0.25) is 5.02 Å². The molecular weight excluding hydrogens is 208 g/mol. The third-order valence-corrected chi connectivity index (χ3v) is 2.56. The van der Waals surface area contributed by atoms with E-state index in [2.05, 4.69) is 16.4 Å². The Labute approximate surface area is 94.3 Å². The molecule has 0 saturated heterocycles. The van der Waals surface area contributed by atoms with Crippen molar-refractivity contribution in [2.75, 3.05) is 7.05 Å². The highest BCUT2D eigenvalue weighted by molar-refractivity contribution is 6.30. The van der Waals surface area contributed by atoms with E-state index in [4.69, 9.17) is 11.6 Å². The maximum atomic E-state index is 6.00. The van der Waals surface area contributed by atoms with Crippen LogP contribution >= 0.6 is 11.6 Å². The van der Waals surface area contributed by atoms with Gasteiger partial charge in [-0.3, -0.25) is 0 Å². The van der Waals surface area contributed by atoms with Crippen molar-refractivity contribution in [3.05, 3.63) is 47.1 Å². The van der Waals surface area contributed by atoms with Gasteiger partial charge in [-0.2, -0.15) is 0 Å². The zero-order valence-corrected chi connectivity index (χ0v) is 9.31. The average molecular weight is 221 g/mol. The van der Waals surface area contributed by atoms with Crippen LogP contribution in [-0.4, -0.2) is 12.0 Å². The molecule has 0 saturated carbocycles. The monoisotopic (exact) mass is 220 g/mol. The van der Waals surface area contributed by atoms with Gasteiger partial charge in [-0.15, -0.1) is 0 Å². The average Bonchev–Trinajstić information content (AvgIpc) is 2.74. The predicted octanol–water partition coefficient (Wildman–Crippen LogP) is 3.05. The highest BCUT2D eigenvalue weighted by atomic mass is 35.5. The Morgan fingerprint density at radius 1 is 1.33 bits per heavy atom. The number of rotatable bonds is 3. The lowest BCUT2D eigenvalue weighted by molar-refractivity contribution is 0.819. The number of halogens is 1. The van der Waals surface area contributed by atoms with Crippen LogP contribution in [0.15, 0.2) is 36.5 Å². The second-order valence-electron chi connectivity index (χ2n) is 3.42. The molecule has 0 atom stereocenters. The first-order chi connectivity index (χ1) is 7.31. The minimum atomic E-state index is 0.763. The molecule has 0 fully saturated rings. The summed E-state index contributed by atoms with van der Waals surface area (Å²) in [6.07, 6.45) is 1.92. The number of benzene rings is 1. The number of H-pyrrole nitrogens is 1. The Balaban J connectivity index is 2.47. The van der Waals surface area contributed by atoms with Gasteiger partial charge in [0.05, 0.1) is 0 Å². The number of hydrogen-bond donors (Lipinski definition) is 2. The minimum absolute atomic E-state index is 0.763. The van der Waals surface area contributed by atoms with Gasteiger partial charge >= 0.3 is 0 Å². The van der Waals surface area contributed by atoms with E-state index in [9.17, 15) is 0 Å². The molecule has 3 heteroatoms. The Morgan fingerprint density at radius 3 is 2.87 bits per heavy atom. The molecule has 15 heavy (non-hydrogen) atoms. The molecule has 0 aliphatic heterocycles. The maximum absolute atomic E-state index is 6.00. The first-order valence-corrected chi connectivity index (χ1v) is 5.26. The van der Waals surface area contributed by atoms with Crippen molar-refractivity contribution in [3.63, 3.8) is 0 Å². The van der Waals surface area contributed by atoms with E-state index in [-0.39, 0.29) is 0 Å². The van der Waals surface area contributed by atoms with Crippen molar-refractivity contribution in [1.29, 1.82) is 0 Å². The molecule has 0 bridgehead atoms. The van der Waals surface area contributed by atoms with Gasteiger partial charge in [0.1, 0.15) is 0 Å². The predicted molar refractivity (Wildman–Crippen MR) is 64.0 cm³/mol. The number of aromatic nitrogens is 1. The van der Waals surface area contributed by atoms with Crippen molar-refractivity contribution in [1.82, 2.24) is 10.3 Å². The summed E-state index contributed by atoms with van der Waals surface area (Å²) in [6, 6.07) is 9.99. The van der Waals surface area contributed by atoms with Crippen LogP contribution in [0, 0.1) is 0 Å². The number of nitrogens with one attached hydrogen (secondary N) is 2. The van der Waals surface area contributed by atoms with Crippen molar-refractivity contribution in [2.24, 2.45) is 0 Å². The molecule has 0 aliphatic rings. The van der Waals surface area contributed by atoms with Crippen LogP contribution in [0.1, 0.15) is 5.56 Å². The van der Waals surface area contributed by atoms with E-state index in [1.54, 1.807) is 0 Å². The fourth-order valence-corrected chi connectivity index (χ4v) is 1.81. The second kappa shape index (κ2) is 4.51. The largest absolute Gasteiger partial charge is 0.361 e. The van der Waals surface area contributed by atoms with E-state index in [0.29, 0.717) is 0 Å². The zero-order chi connectivity index (χ0) is 10.7. The highest BCUT2D eigenvalue weighted by Gasteiger charge is 2.05. The van der Waals surface area contributed by atoms with E-state index in [1.165, 1.54) is 5.56 Å². The molecule has 2 rings (SSSR count). The highest BCUT2D eigenvalue weighted by Crippen LogP contribution is 2.25. The molecule has 1 aromatic carbocycles. The lowest BCUT2D eigenvalue weighted by Crippen LogP contribution is -2.06. The Hall–Kier alpha value is -1.25. The molecule has 2 aromatic rings. The molecule has 0 amide bonds. The molecule has 0 unspecified atom stereocenters. The lowest BCUT2D eigenvalue weighted by atomic mass is 10.0. The summed E-state index contributed by atoms with van der Waals surface area (Å²) in [7, 11) is 1.94. The fraction of sp³-hybridized carbons (Fsp3) is 0.167. The molecule has 1 aromatic heterocycles. The summed E-state index contributed by atoms with van der Waals surface area (Å²) in [4.78, 5) is 3.19. The van der Waals surface area contributed by atoms with Gasteiger partial charge in [-0.05, 0) is 36.9 Å². The standard InChI is InChI=1S/C12H13ClN2/c1-14-8-9-4-5-10(13)7-11(9)12-3-2-6-15-12/h2-7,14-15H,8H2,1H3. The third-order valence-electron chi connectivity index (χ3n) is 2.33. The van der Waals surface area contributed by atoms with Crippen LogP contribution in [0.25, 0.3) is 11.3 Å². The summed E-state index contributed by atoms with van der Waals surface area (Å²) >= 11 is 6.00. The number of hydrogen-bond acceptors (Lipinski definition) is 1. The van der Waals surface area contributed by atoms with Crippen LogP contribution in [0.5, 0.6) is 0 Å². The summed E-state index contributed by atoms with van der Waals surface area (Å²) < 4.78 is 0. The van der Waals surface area contributed by atoms with Crippen molar-refractivity contribution < 1.29 is 0 Å². The van der Waals surface area contributed by atoms with Gasteiger partial charge in [-0.25, -0.2) is 0 Å². The quantitative estimate of drug-likeness (QED) is 0.818. The van der Waals surface area contributed by atoms with E-state index < -0.39 is 0 Å². The number of aromatic amines is 1. The topological polar surface area (TPSA) is 27.8 Å². The van der Waals surface area contributed by atoms with Crippen LogP contribution in [-0.2, 0) is 6.54 Å². The molecule has 1 heterocycles. The van der Waals surface area contributed by atoms with Gasteiger partial charge in [-0.1, -0.05) is 17.7 Å². The van der Waals surface area contributed by atoms with Crippen molar-refractivity contribution >= 4 is 11.6 Å². The summed E-state index contributed by atoms with van der Waals surface area (Å²) in [5.41, 5.74) is 3.49. The van der Waals surface area contributed by atoms with Gasteiger partial charge in [0.15, 0.2) is 0 Å². The summed E-state index contributed by atoms with van der Waals surface area (Å²) in [5, 5.41) is 3.91. The van der Waals surface area contributed by atoms with Crippen molar-refractivity contribution in [2.45, 2.75) is 6.54 Å². The maximum Gasteiger partial charge on any atom is 0.0457 e. The second-order valence-corrected chi connectivity index (χ2v) is 3.85. The molecule has 0 radical (unpaired) electrons. The first-order valence-electron chi connectivity index (χ1n) is 4.88. The third kappa shape index (κ3) is 2.22. The Kier molecular flexibility index (Phi) is 3.09. The van der Waals surface area contributed by atoms with Crippen molar-refractivity contribution in [3.8, 4) is 11.3 Å². The zero-order valence-electron chi connectivity index (χ0n) is 8.55. The molecule has 78 valence electrons. The van der Waals surface area contributed by atoms with E-state index in [1.807, 2.05) is 37.5 Å². The molecule has 2 nitrogen and oxygen atoms in total. The molecule has 0 spiro atoms. The fourth-order valence-electron chi connectivity index (χ4n) is 1.64. The Bertz CT molecular complexity index is 435. The van der Waals surface area contributed by atoms with E-state index >= 15 is 0 Å². The van der Waals surface area contributed by atoms with Gasteiger partial charge in [0, 0.05) is 29.0 Å². The van der Waals surface area contributed by atoms with Gasteiger partial charge in [0.2, 0.25) is 0 Å². The van der Waals surface area contributed by atoms with E-state index in [0.717, 1.165) is 22.8 Å². The summed E-state index contributed by atoms with van der Waals surface area (Å²) in [5.74, 6) is 0. The lowest BCUT2D eigenvalue weighted by Gasteiger charge is -2.08. The van der Waals surface area contributed by atoms with Gasteiger partial charge < -0.3 is 10.3 Å². The van der Waals surface area contributed by atoms with Crippen LogP contribution in [0.3, 0.4) is 0 Å². The van der Waals surface area contributed by atoms with Gasteiger partial charge in [0.25, 0.3) is 0 Å². The molecule has 0 aliphatic carbocycles. The SMILES string of the molecule is CNCc1ccc(Cl)cc1-c1ccc[nH]1.